The van der Waals surface area contributed by atoms with Crippen LogP contribution in [0.2, 0.25) is 0 Å². The first-order chi connectivity index (χ1) is 12.5. The highest BCUT2D eigenvalue weighted by molar-refractivity contribution is 7.89. The molecule has 3 rings (SSSR count). The average molecular weight is 378 g/mol. The van der Waals surface area contributed by atoms with Crippen molar-refractivity contribution in [2.24, 2.45) is 0 Å². The summed E-state index contributed by atoms with van der Waals surface area (Å²) in [5, 5.41) is 8.62. The van der Waals surface area contributed by atoms with E-state index in [0.29, 0.717) is 6.54 Å². The molecule has 9 heteroatoms. The molecular weight excluding hydrogens is 356 g/mol. The summed E-state index contributed by atoms with van der Waals surface area (Å²) in [4.78, 5) is 23.9. The van der Waals surface area contributed by atoms with Gasteiger partial charge in [-0.2, -0.15) is 4.31 Å². The minimum Gasteiger partial charge on any atom is -0.354 e. The smallest absolute Gasteiger partial charge is 0.251 e. The Morgan fingerprint density at radius 1 is 1.27 bits per heavy atom. The zero-order valence-electron chi connectivity index (χ0n) is 14.3. The van der Waals surface area contributed by atoms with Crippen molar-refractivity contribution in [1.82, 2.24) is 20.3 Å². The van der Waals surface area contributed by atoms with E-state index in [9.17, 15) is 18.0 Å². The molecule has 140 valence electrons. The summed E-state index contributed by atoms with van der Waals surface area (Å²) < 4.78 is 26.5. The molecule has 8 nitrogen and oxygen atoms in total. The van der Waals surface area contributed by atoms with Gasteiger partial charge in [0.05, 0.1) is 11.4 Å². The number of hydrogen-bond acceptors (Lipinski definition) is 5. The van der Waals surface area contributed by atoms with Gasteiger partial charge in [0.15, 0.2) is 0 Å². The Kier molecular flexibility index (Phi) is 5.70. The fourth-order valence-electron chi connectivity index (χ4n) is 2.89. The zero-order chi connectivity index (χ0) is 18.6. The van der Waals surface area contributed by atoms with Crippen LogP contribution < -0.4 is 16.0 Å². The van der Waals surface area contributed by atoms with E-state index in [4.69, 9.17) is 0 Å². The molecule has 0 saturated carbocycles. The molecule has 1 aromatic rings. The third-order valence-corrected chi connectivity index (χ3v) is 6.21. The molecule has 2 heterocycles. The normalized spacial score (nSPS) is 18.8. The van der Waals surface area contributed by atoms with Crippen molar-refractivity contribution in [3.63, 3.8) is 0 Å². The standard InChI is InChI=1S/C17H22N4O4S/c22-16-12-21(9-8-19-16)26(24,25)15-3-1-2-14(10-15)17(23)20-11-13-4-6-18-7-5-13/h1-4,10,18H,5-9,11-12H2,(H,19,22)(H,20,23). The van der Waals surface area contributed by atoms with Crippen LogP contribution in [0.25, 0.3) is 0 Å². The summed E-state index contributed by atoms with van der Waals surface area (Å²) in [5.74, 6) is -0.651. The number of carbonyl (C=O) groups excluding carboxylic acids is 2. The summed E-state index contributed by atoms with van der Waals surface area (Å²) in [6.45, 7) is 2.42. The maximum Gasteiger partial charge on any atom is 0.251 e. The van der Waals surface area contributed by atoms with Gasteiger partial charge in [0.25, 0.3) is 5.91 Å². The second-order valence-electron chi connectivity index (χ2n) is 6.22. The van der Waals surface area contributed by atoms with Crippen molar-refractivity contribution in [3.05, 3.63) is 41.5 Å². The molecule has 2 aliphatic heterocycles. The van der Waals surface area contributed by atoms with Crippen LogP contribution in [0.1, 0.15) is 16.8 Å². The number of benzene rings is 1. The van der Waals surface area contributed by atoms with Gasteiger partial charge in [-0.1, -0.05) is 17.7 Å². The second-order valence-corrected chi connectivity index (χ2v) is 8.15. The van der Waals surface area contributed by atoms with E-state index in [0.717, 1.165) is 29.4 Å². The lowest BCUT2D eigenvalue weighted by Gasteiger charge is -2.26. The third-order valence-electron chi connectivity index (χ3n) is 4.37. The molecule has 2 amide bonds. The Hall–Kier alpha value is -2.23. The summed E-state index contributed by atoms with van der Waals surface area (Å²) >= 11 is 0. The summed E-state index contributed by atoms with van der Waals surface area (Å²) in [5.41, 5.74) is 1.43. The SMILES string of the molecule is O=C1CN(S(=O)(=O)c2cccc(C(=O)NCC3=CCNCC3)c2)CCN1. The predicted octanol–water partition coefficient (Wildman–Crippen LogP) is -0.543. The highest BCUT2D eigenvalue weighted by Gasteiger charge is 2.29. The number of carbonyl (C=O) groups is 2. The molecule has 0 bridgehead atoms. The van der Waals surface area contributed by atoms with Crippen molar-refractivity contribution >= 4 is 21.8 Å². The highest BCUT2D eigenvalue weighted by atomic mass is 32.2. The fraction of sp³-hybridized carbons (Fsp3) is 0.412. The molecule has 3 N–H and O–H groups in total. The first-order valence-electron chi connectivity index (χ1n) is 8.50. The van der Waals surface area contributed by atoms with Crippen LogP contribution in [0, 0.1) is 0 Å². The Bertz CT molecular complexity index is 835. The summed E-state index contributed by atoms with van der Waals surface area (Å²) in [6.07, 6.45) is 2.93. The molecule has 1 fully saturated rings. The molecule has 0 radical (unpaired) electrons. The number of sulfonamides is 1. The van der Waals surface area contributed by atoms with E-state index in [1.807, 2.05) is 6.08 Å². The quantitative estimate of drug-likeness (QED) is 0.597. The molecule has 0 aromatic heterocycles. The van der Waals surface area contributed by atoms with Gasteiger partial charge in [-0.25, -0.2) is 8.42 Å². The highest BCUT2D eigenvalue weighted by Crippen LogP contribution is 2.18. The van der Waals surface area contributed by atoms with Crippen molar-refractivity contribution < 1.29 is 18.0 Å². The summed E-state index contributed by atoms with van der Waals surface area (Å²) in [6, 6.07) is 5.91. The van der Waals surface area contributed by atoms with E-state index < -0.39 is 10.0 Å². The number of amides is 2. The zero-order valence-corrected chi connectivity index (χ0v) is 15.1. The number of rotatable bonds is 5. The molecule has 1 saturated heterocycles. The Morgan fingerprint density at radius 2 is 2.12 bits per heavy atom. The van der Waals surface area contributed by atoms with Crippen LogP contribution in [-0.4, -0.2) is 63.8 Å². The predicted molar refractivity (Wildman–Crippen MR) is 96.1 cm³/mol. The summed E-state index contributed by atoms with van der Waals surface area (Å²) in [7, 11) is -3.81. The lowest BCUT2D eigenvalue weighted by molar-refractivity contribution is -0.122. The molecule has 0 aliphatic carbocycles. The number of nitrogens with one attached hydrogen (secondary N) is 3. The van der Waals surface area contributed by atoms with E-state index in [1.54, 1.807) is 6.07 Å². The van der Waals surface area contributed by atoms with E-state index in [-0.39, 0.29) is 41.9 Å². The number of nitrogens with zero attached hydrogens (tertiary/aromatic N) is 1. The van der Waals surface area contributed by atoms with Gasteiger partial charge in [-0.05, 0) is 31.2 Å². The second kappa shape index (κ2) is 7.98. The van der Waals surface area contributed by atoms with E-state index >= 15 is 0 Å². The van der Waals surface area contributed by atoms with Crippen LogP contribution in [0.3, 0.4) is 0 Å². The van der Waals surface area contributed by atoms with E-state index in [2.05, 4.69) is 16.0 Å². The third kappa shape index (κ3) is 4.29. The van der Waals surface area contributed by atoms with Crippen molar-refractivity contribution in [3.8, 4) is 0 Å². The molecular formula is C17H22N4O4S. The average Bonchev–Trinajstić information content (AvgIpc) is 2.67. The van der Waals surface area contributed by atoms with Gasteiger partial charge in [0, 0.05) is 31.7 Å². The van der Waals surface area contributed by atoms with Gasteiger partial charge in [0.2, 0.25) is 15.9 Å². The fourth-order valence-corrected chi connectivity index (χ4v) is 4.34. The van der Waals surface area contributed by atoms with E-state index in [1.165, 1.54) is 18.2 Å². The largest absolute Gasteiger partial charge is 0.354 e. The van der Waals surface area contributed by atoms with Crippen molar-refractivity contribution in [1.29, 1.82) is 0 Å². The monoisotopic (exact) mass is 378 g/mol. The first kappa shape index (κ1) is 18.6. The number of hydrogen-bond donors (Lipinski definition) is 3. The van der Waals surface area contributed by atoms with Gasteiger partial charge < -0.3 is 16.0 Å². The van der Waals surface area contributed by atoms with Gasteiger partial charge in [-0.15, -0.1) is 0 Å². The minimum atomic E-state index is -3.81. The molecule has 1 aromatic carbocycles. The topological polar surface area (TPSA) is 108 Å². The molecule has 0 unspecified atom stereocenters. The molecule has 0 spiro atoms. The lowest BCUT2D eigenvalue weighted by Crippen LogP contribution is -2.49. The van der Waals surface area contributed by atoms with Crippen molar-refractivity contribution in [2.45, 2.75) is 11.3 Å². The maximum absolute atomic E-state index is 12.7. The van der Waals surface area contributed by atoms with Crippen LogP contribution in [0.15, 0.2) is 40.8 Å². The molecule has 26 heavy (non-hydrogen) atoms. The Balaban J connectivity index is 1.71. The van der Waals surface area contributed by atoms with Crippen LogP contribution in [-0.2, 0) is 14.8 Å². The van der Waals surface area contributed by atoms with Gasteiger partial charge in [-0.3, -0.25) is 9.59 Å². The maximum atomic E-state index is 12.7. The Morgan fingerprint density at radius 3 is 2.85 bits per heavy atom. The Labute approximate surface area is 152 Å². The molecule has 2 aliphatic rings. The van der Waals surface area contributed by atoms with Crippen LogP contribution in [0.5, 0.6) is 0 Å². The van der Waals surface area contributed by atoms with Crippen LogP contribution in [0.4, 0.5) is 0 Å². The van der Waals surface area contributed by atoms with Crippen molar-refractivity contribution in [2.75, 3.05) is 39.3 Å². The minimum absolute atomic E-state index is 0.0148. The van der Waals surface area contributed by atoms with Gasteiger partial charge in [0.1, 0.15) is 0 Å². The lowest BCUT2D eigenvalue weighted by atomic mass is 10.1. The number of piperazine rings is 1. The first-order valence-corrected chi connectivity index (χ1v) is 9.94. The molecule has 0 atom stereocenters. The van der Waals surface area contributed by atoms with Gasteiger partial charge >= 0.3 is 0 Å². The van der Waals surface area contributed by atoms with Crippen LogP contribution >= 0.6 is 0 Å².